The second-order valence-electron chi connectivity index (χ2n) is 6.10. The molecule has 0 spiro atoms. The fraction of sp³-hybridized carbons (Fsp3) is 0.316. The summed E-state index contributed by atoms with van der Waals surface area (Å²) in [5.74, 6) is -0.449. The van der Waals surface area contributed by atoms with Crippen LogP contribution in [0, 0.1) is 5.82 Å². The number of aryl methyl sites for hydroxylation is 1. The Hall–Kier alpha value is -2.41. The second-order valence-corrected chi connectivity index (χ2v) is 8.12. The lowest BCUT2D eigenvalue weighted by Gasteiger charge is -2.15. The highest BCUT2D eigenvalue weighted by Gasteiger charge is 2.12. The van der Waals surface area contributed by atoms with Crippen molar-refractivity contribution in [3.8, 4) is 5.75 Å². The quantitative estimate of drug-likeness (QED) is 0.803. The normalized spacial score (nSPS) is 12.5. The zero-order valence-corrected chi connectivity index (χ0v) is 15.8. The molecule has 0 radical (unpaired) electrons. The van der Waals surface area contributed by atoms with E-state index >= 15 is 0 Å². The Kier molecular flexibility index (Phi) is 6.37. The number of carbonyl (C=O) groups excluding carboxylic acids is 1. The summed E-state index contributed by atoms with van der Waals surface area (Å²) in [6.45, 7) is 1.82. The molecule has 140 valence electrons. The number of amides is 1. The van der Waals surface area contributed by atoms with Crippen LogP contribution in [-0.2, 0) is 21.1 Å². The van der Waals surface area contributed by atoms with Crippen molar-refractivity contribution in [1.82, 2.24) is 5.32 Å². The number of methoxy groups -OCH3 is 1. The zero-order valence-electron chi connectivity index (χ0n) is 15.0. The molecule has 1 unspecified atom stereocenters. The molecule has 1 N–H and O–H groups in total. The third kappa shape index (κ3) is 5.29. The molecule has 0 heterocycles. The Bertz CT molecular complexity index is 879. The molecule has 1 amide bonds. The first-order chi connectivity index (χ1) is 12.2. The monoisotopic (exact) mass is 379 g/mol. The van der Waals surface area contributed by atoms with E-state index in [4.69, 9.17) is 4.74 Å². The van der Waals surface area contributed by atoms with Gasteiger partial charge in [-0.05, 0) is 48.7 Å². The van der Waals surface area contributed by atoms with Gasteiger partial charge in [-0.1, -0.05) is 18.2 Å². The molecule has 5 nitrogen and oxygen atoms in total. The molecule has 2 rings (SSSR count). The molecule has 0 bridgehead atoms. The molecule has 0 fully saturated rings. The van der Waals surface area contributed by atoms with Gasteiger partial charge < -0.3 is 10.1 Å². The lowest BCUT2D eigenvalue weighted by atomic mass is 10.1. The topological polar surface area (TPSA) is 72.5 Å². The highest BCUT2D eigenvalue weighted by Crippen LogP contribution is 2.19. The molecule has 2 aromatic rings. The third-order valence-electron chi connectivity index (χ3n) is 4.04. The minimum absolute atomic E-state index is 0.166. The Morgan fingerprint density at radius 1 is 1.19 bits per heavy atom. The predicted molar refractivity (Wildman–Crippen MR) is 97.4 cm³/mol. The van der Waals surface area contributed by atoms with E-state index in [0.717, 1.165) is 11.8 Å². The second kappa shape index (κ2) is 8.31. The number of nitrogens with one attached hydrogen (secondary N) is 1. The van der Waals surface area contributed by atoms with Crippen molar-refractivity contribution >= 4 is 15.7 Å². The van der Waals surface area contributed by atoms with E-state index in [-0.39, 0.29) is 29.0 Å². The van der Waals surface area contributed by atoms with Crippen molar-refractivity contribution in [2.75, 3.05) is 13.4 Å². The fourth-order valence-corrected chi connectivity index (χ4v) is 3.15. The molecule has 26 heavy (non-hydrogen) atoms. The van der Waals surface area contributed by atoms with E-state index in [1.807, 2.05) is 6.92 Å². The highest BCUT2D eigenvalue weighted by molar-refractivity contribution is 7.90. The first-order valence-corrected chi connectivity index (χ1v) is 10.0. The Morgan fingerprint density at radius 2 is 1.85 bits per heavy atom. The van der Waals surface area contributed by atoms with E-state index in [2.05, 4.69) is 5.32 Å². The standard InChI is InChI=1S/C19H22FNO4S/c1-13(15-6-8-16(9-7-15)26(3,23)24)21-19(22)11-5-14-4-10-18(25-2)17(20)12-14/h4,6-10,12-13H,5,11H2,1-3H3,(H,21,22). The highest BCUT2D eigenvalue weighted by atomic mass is 32.2. The van der Waals surface area contributed by atoms with Gasteiger partial charge in [-0.15, -0.1) is 0 Å². The van der Waals surface area contributed by atoms with Crippen LogP contribution in [0.2, 0.25) is 0 Å². The largest absolute Gasteiger partial charge is 0.494 e. The van der Waals surface area contributed by atoms with Gasteiger partial charge in [0.05, 0.1) is 18.0 Å². The van der Waals surface area contributed by atoms with Crippen LogP contribution >= 0.6 is 0 Å². The maximum absolute atomic E-state index is 13.7. The number of halogens is 1. The summed E-state index contributed by atoms with van der Waals surface area (Å²) in [7, 11) is -1.84. The van der Waals surface area contributed by atoms with Gasteiger partial charge in [0, 0.05) is 12.7 Å². The van der Waals surface area contributed by atoms with Crippen LogP contribution in [-0.4, -0.2) is 27.7 Å². The number of hydrogen-bond donors (Lipinski definition) is 1. The van der Waals surface area contributed by atoms with Gasteiger partial charge >= 0.3 is 0 Å². The minimum Gasteiger partial charge on any atom is -0.494 e. The number of carbonyl (C=O) groups is 1. The number of rotatable bonds is 7. The number of hydrogen-bond acceptors (Lipinski definition) is 4. The van der Waals surface area contributed by atoms with Gasteiger partial charge in [0.25, 0.3) is 0 Å². The SMILES string of the molecule is COc1ccc(CCC(=O)NC(C)c2ccc(S(C)(=O)=O)cc2)cc1F. The Labute approximate surface area is 153 Å². The Balaban J connectivity index is 1.91. The van der Waals surface area contributed by atoms with Crippen LogP contribution in [0.15, 0.2) is 47.4 Å². The summed E-state index contributed by atoms with van der Waals surface area (Å²) in [4.78, 5) is 12.3. The minimum atomic E-state index is -3.24. The number of ether oxygens (including phenoxy) is 1. The molecule has 0 aliphatic rings. The van der Waals surface area contributed by atoms with Gasteiger partial charge in [0.15, 0.2) is 21.4 Å². The van der Waals surface area contributed by atoms with Crippen molar-refractivity contribution in [2.45, 2.75) is 30.7 Å². The van der Waals surface area contributed by atoms with E-state index in [0.29, 0.717) is 12.0 Å². The first-order valence-electron chi connectivity index (χ1n) is 8.12. The maximum atomic E-state index is 13.7. The molecule has 7 heteroatoms. The van der Waals surface area contributed by atoms with E-state index in [9.17, 15) is 17.6 Å². The van der Waals surface area contributed by atoms with Crippen LogP contribution in [0.3, 0.4) is 0 Å². The average Bonchev–Trinajstić information content (AvgIpc) is 2.59. The lowest BCUT2D eigenvalue weighted by molar-refractivity contribution is -0.121. The maximum Gasteiger partial charge on any atom is 0.220 e. The van der Waals surface area contributed by atoms with Gasteiger partial charge in [-0.25, -0.2) is 12.8 Å². The molecule has 0 saturated heterocycles. The van der Waals surface area contributed by atoms with Gasteiger partial charge in [-0.3, -0.25) is 4.79 Å². The molecule has 1 atom stereocenters. The average molecular weight is 379 g/mol. The molecule has 2 aromatic carbocycles. The van der Waals surface area contributed by atoms with Crippen molar-refractivity contribution in [3.63, 3.8) is 0 Å². The molecule has 0 aromatic heterocycles. The van der Waals surface area contributed by atoms with Gasteiger partial charge in [0.1, 0.15) is 0 Å². The smallest absolute Gasteiger partial charge is 0.220 e. The summed E-state index contributed by atoms with van der Waals surface area (Å²) in [6.07, 6.45) is 1.78. The molecular weight excluding hydrogens is 357 g/mol. The fourth-order valence-electron chi connectivity index (χ4n) is 2.52. The van der Waals surface area contributed by atoms with Crippen LogP contribution in [0.4, 0.5) is 4.39 Å². The number of sulfone groups is 1. The summed E-state index contributed by atoms with van der Waals surface area (Å²) < 4.78 is 41.5. The van der Waals surface area contributed by atoms with E-state index in [1.165, 1.54) is 31.4 Å². The summed E-state index contributed by atoms with van der Waals surface area (Å²) >= 11 is 0. The van der Waals surface area contributed by atoms with E-state index in [1.54, 1.807) is 18.2 Å². The predicted octanol–water partition coefficient (Wildman–Crippen LogP) is 3.05. The summed E-state index contributed by atoms with van der Waals surface area (Å²) in [6, 6.07) is 10.8. The summed E-state index contributed by atoms with van der Waals surface area (Å²) in [5.41, 5.74) is 1.52. The summed E-state index contributed by atoms with van der Waals surface area (Å²) in [5, 5.41) is 2.85. The van der Waals surface area contributed by atoms with Gasteiger partial charge in [-0.2, -0.15) is 0 Å². The number of benzene rings is 2. The van der Waals surface area contributed by atoms with Crippen molar-refractivity contribution in [2.24, 2.45) is 0 Å². The Morgan fingerprint density at radius 3 is 2.38 bits per heavy atom. The van der Waals surface area contributed by atoms with Crippen LogP contribution in [0.25, 0.3) is 0 Å². The van der Waals surface area contributed by atoms with Crippen molar-refractivity contribution in [1.29, 1.82) is 0 Å². The molecule has 0 saturated carbocycles. The molecule has 0 aliphatic heterocycles. The molecule has 0 aliphatic carbocycles. The lowest BCUT2D eigenvalue weighted by Crippen LogP contribution is -2.26. The van der Waals surface area contributed by atoms with Crippen molar-refractivity contribution < 1.29 is 22.3 Å². The van der Waals surface area contributed by atoms with Crippen molar-refractivity contribution in [3.05, 3.63) is 59.4 Å². The van der Waals surface area contributed by atoms with Crippen LogP contribution < -0.4 is 10.1 Å². The molecular formula is C19H22FNO4S. The van der Waals surface area contributed by atoms with E-state index < -0.39 is 15.7 Å². The van der Waals surface area contributed by atoms with Gasteiger partial charge in [0.2, 0.25) is 5.91 Å². The van der Waals surface area contributed by atoms with Crippen LogP contribution in [0.1, 0.15) is 30.5 Å². The third-order valence-corrected chi connectivity index (χ3v) is 5.17. The zero-order chi connectivity index (χ0) is 19.3. The van der Waals surface area contributed by atoms with Crippen LogP contribution in [0.5, 0.6) is 5.75 Å². The first kappa shape index (κ1) is 19.9.